The largest absolute Gasteiger partial charge is 0.342 e. The second-order valence-electron chi connectivity index (χ2n) is 6.92. The van der Waals surface area contributed by atoms with Gasteiger partial charge in [-0.25, -0.2) is 5.43 Å². The first-order valence-corrected chi connectivity index (χ1v) is 9.70. The van der Waals surface area contributed by atoms with Crippen molar-refractivity contribution in [3.8, 4) is 0 Å². The van der Waals surface area contributed by atoms with Gasteiger partial charge in [-0.15, -0.1) is 0 Å². The third kappa shape index (κ3) is 4.39. The molecular formula is C24H20ClN3O. The van der Waals surface area contributed by atoms with Crippen molar-refractivity contribution in [3.63, 3.8) is 0 Å². The van der Waals surface area contributed by atoms with Crippen molar-refractivity contribution >= 4 is 34.6 Å². The number of aryl methyl sites for hydroxylation is 1. The molecule has 0 radical (unpaired) electrons. The average Bonchev–Trinajstić information content (AvgIpc) is 3.08. The van der Waals surface area contributed by atoms with Crippen LogP contribution in [0.25, 0.3) is 10.9 Å². The highest BCUT2D eigenvalue weighted by Gasteiger charge is 2.08. The Morgan fingerprint density at radius 3 is 2.52 bits per heavy atom. The molecule has 1 amide bonds. The molecule has 0 spiro atoms. The maximum absolute atomic E-state index is 12.2. The molecule has 0 saturated carbocycles. The van der Waals surface area contributed by atoms with Gasteiger partial charge in [-0.3, -0.25) is 4.79 Å². The summed E-state index contributed by atoms with van der Waals surface area (Å²) in [5.41, 5.74) is 7.50. The van der Waals surface area contributed by atoms with Gasteiger partial charge in [0.05, 0.1) is 6.21 Å². The molecule has 1 aromatic heterocycles. The Balaban J connectivity index is 1.55. The molecule has 0 unspecified atom stereocenters. The van der Waals surface area contributed by atoms with E-state index in [1.165, 1.54) is 0 Å². The second-order valence-corrected chi connectivity index (χ2v) is 7.36. The van der Waals surface area contributed by atoms with Gasteiger partial charge in [0.2, 0.25) is 0 Å². The van der Waals surface area contributed by atoms with Crippen LogP contribution < -0.4 is 5.43 Å². The van der Waals surface area contributed by atoms with E-state index in [0.29, 0.717) is 5.56 Å². The third-order valence-electron chi connectivity index (χ3n) is 4.77. The molecule has 0 fully saturated rings. The van der Waals surface area contributed by atoms with Crippen LogP contribution in [0.15, 0.2) is 84.1 Å². The first-order chi connectivity index (χ1) is 14.1. The Kier molecular flexibility index (Phi) is 5.45. The number of carbonyl (C=O) groups is 1. The van der Waals surface area contributed by atoms with Crippen molar-refractivity contribution in [2.24, 2.45) is 5.10 Å². The zero-order valence-corrected chi connectivity index (χ0v) is 16.7. The molecular weight excluding hydrogens is 382 g/mol. The summed E-state index contributed by atoms with van der Waals surface area (Å²) in [7, 11) is 0. The minimum atomic E-state index is -0.230. The average molecular weight is 402 g/mol. The maximum Gasteiger partial charge on any atom is 0.271 e. The number of rotatable bonds is 5. The zero-order valence-electron chi connectivity index (χ0n) is 16.0. The number of aromatic nitrogens is 1. The van der Waals surface area contributed by atoms with E-state index < -0.39 is 0 Å². The van der Waals surface area contributed by atoms with Gasteiger partial charge in [-0.05, 0) is 42.8 Å². The molecule has 0 bridgehead atoms. The van der Waals surface area contributed by atoms with Crippen LogP contribution in [0.5, 0.6) is 0 Å². The maximum atomic E-state index is 12.2. The molecule has 4 aromatic rings. The summed E-state index contributed by atoms with van der Waals surface area (Å²) < 4.78 is 2.17. The summed E-state index contributed by atoms with van der Waals surface area (Å²) in [5.74, 6) is -0.230. The van der Waals surface area contributed by atoms with Crippen molar-refractivity contribution in [1.29, 1.82) is 0 Å². The lowest BCUT2D eigenvalue weighted by molar-refractivity contribution is 0.0955. The van der Waals surface area contributed by atoms with E-state index in [4.69, 9.17) is 11.6 Å². The minimum Gasteiger partial charge on any atom is -0.342 e. The van der Waals surface area contributed by atoms with E-state index in [1.54, 1.807) is 18.3 Å². The molecule has 29 heavy (non-hydrogen) atoms. The molecule has 1 heterocycles. The summed E-state index contributed by atoms with van der Waals surface area (Å²) in [6.07, 6.45) is 3.73. The monoisotopic (exact) mass is 401 g/mol. The molecule has 5 heteroatoms. The predicted molar refractivity (Wildman–Crippen MR) is 119 cm³/mol. The number of nitrogens with one attached hydrogen (secondary N) is 1. The quantitative estimate of drug-likeness (QED) is 0.352. The van der Waals surface area contributed by atoms with Gasteiger partial charge in [0.15, 0.2) is 0 Å². The van der Waals surface area contributed by atoms with Crippen LogP contribution in [0, 0.1) is 6.92 Å². The van der Waals surface area contributed by atoms with Gasteiger partial charge in [0.1, 0.15) is 0 Å². The fourth-order valence-corrected chi connectivity index (χ4v) is 3.35. The number of halogens is 1. The van der Waals surface area contributed by atoms with E-state index in [-0.39, 0.29) is 5.91 Å². The first kappa shape index (κ1) is 19.0. The van der Waals surface area contributed by atoms with Gasteiger partial charge >= 0.3 is 0 Å². The predicted octanol–water partition coefficient (Wildman–Crippen LogP) is 5.42. The van der Waals surface area contributed by atoms with E-state index in [9.17, 15) is 4.79 Å². The molecule has 0 aliphatic carbocycles. The minimum absolute atomic E-state index is 0.230. The number of nitrogens with zero attached hydrogens (tertiary/aromatic N) is 2. The highest BCUT2D eigenvalue weighted by molar-refractivity contribution is 6.30. The second kappa shape index (κ2) is 8.33. The zero-order chi connectivity index (χ0) is 20.2. The first-order valence-electron chi connectivity index (χ1n) is 9.32. The van der Waals surface area contributed by atoms with E-state index in [1.807, 2.05) is 61.7 Å². The molecule has 0 aliphatic heterocycles. The topological polar surface area (TPSA) is 46.4 Å². The highest BCUT2D eigenvalue weighted by Crippen LogP contribution is 2.21. The lowest BCUT2D eigenvalue weighted by atomic mass is 10.1. The molecule has 1 N–H and O–H groups in total. The number of fused-ring (bicyclic) bond motifs is 1. The van der Waals surface area contributed by atoms with Gasteiger partial charge in [0.25, 0.3) is 5.91 Å². The summed E-state index contributed by atoms with van der Waals surface area (Å²) in [4.78, 5) is 12.2. The van der Waals surface area contributed by atoms with Gasteiger partial charge in [-0.1, -0.05) is 59.6 Å². The molecule has 144 valence electrons. The fourth-order valence-electron chi connectivity index (χ4n) is 3.23. The number of benzene rings is 3. The molecule has 0 saturated heterocycles. The smallest absolute Gasteiger partial charge is 0.271 e. The van der Waals surface area contributed by atoms with Crippen LogP contribution in [0.4, 0.5) is 0 Å². The third-order valence-corrected chi connectivity index (χ3v) is 5.02. The molecule has 0 atom stereocenters. The molecule has 3 aromatic carbocycles. The number of para-hydroxylation sites is 1. The van der Waals surface area contributed by atoms with Crippen LogP contribution in [0.1, 0.15) is 27.0 Å². The number of hydrogen-bond acceptors (Lipinski definition) is 2. The lowest BCUT2D eigenvalue weighted by Crippen LogP contribution is -2.17. The summed E-state index contributed by atoms with van der Waals surface area (Å²) in [6, 6.07) is 23.4. The number of amides is 1. The summed E-state index contributed by atoms with van der Waals surface area (Å²) >= 11 is 5.99. The Bertz CT molecular complexity index is 1180. The normalized spacial score (nSPS) is 11.2. The van der Waals surface area contributed by atoms with Crippen LogP contribution >= 0.6 is 11.6 Å². The standard InChI is InChI=1S/C24H20ClN3O/c1-17-6-10-19(11-7-17)24(29)27-26-14-20-16-28(23-5-3-2-4-22(20)23)15-18-8-12-21(25)13-9-18/h2-14,16H,15H2,1H3,(H,27,29)/b26-14+. The van der Waals surface area contributed by atoms with Crippen molar-refractivity contribution < 1.29 is 4.79 Å². The Labute approximate surface area is 174 Å². The van der Waals surface area contributed by atoms with Crippen molar-refractivity contribution in [2.75, 3.05) is 0 Å². The van der Waals surface area contributed by atoms with Crippen LogP contribution in [-0.4, -0.2) is 16.7 Å². The molecule has 4 rings (SSSR count). The SMILES string of the molecule is Cc1ccc(C(=O)N/N=C/c2cn(Cc3ccc(Cl)cc3)c3ccccc23)cc1. The van der Waals surface area contributed by atoms with Gasteiger partial charge in [0, 0.05) is 39.8 Å². The van der Waals surface area contributed by atoms with Gasteiger partial charge < -0.3 is 4.57 Å². The van der Waals surface area contributed by atoms with Crippen LogP contribution in [-0.2, 0) is 6.54 Å². The fraction of sp³-hybridized carbons (Fsp3) is 0.0833. The summed E-state index contributed by atoms with van der Waals surface area (Å²) in [5, 5.41) is 5.97. The van der Waals surface area contributed by atoms with Crippen molar-refractivity contribution in [1.82, 2.24) is 9.99 Å². The number of carbonyl (C=O) groups excluding carboxylic acids is 1. The van der Waals surface area contributed by atoms with Crippen LogP contribution in [0.3, 0.4) is 0 Å². The van der Waals surface area contributed by atoms with Crippen LogP contribution in [0.2, 0.25) is 5.02 Å². The Morgan fingerprint density at radius 1 is 1.03 bits per heavy atom. The highest BCUT2D eigenvalue weighted by atomic mass is 35.5. The number of hydrogen-bond donors (Lipinski definition) is 1. The molecule has 0 aliphatic rings. The molecule has 4 nitrogen and oxygen atoms in total. The van der Waals surface area contributed by atoms with Gasteiger partial charge in [-0.2, -0.15) is 5.10 Å². The van der Waals surface area contributed by atoms with E-state index in [0.717, 1.165) is 39.2 Å². The Hall–Kier alpha value is -3.37. The summed E-state index contributed by atoms with van der Waals surface area (Å²) in [6.45, 7) is 2.71. The van der Waals surface area contributed by atoms with Crippen molar-refractivity contribution in [3.05, 3.63) is 106 Å². The Morgan fingerprint density at radius 2 is 1.76 bits per heavy atom. The van der Waals surface area contributed by atoms with E-state index >= 15 is 0 Å². The lowest BCUT2D eigenvalue weighted by Gasteiger charge is -2.05. The van der Waals surface area contributed by atoms with E-state index in [2.05, 4.69) is 27.2 Å². The van der Waals surface area contributed by atoms with Crippen molar-refractivity contribution in [2.45, 2.75) is 13.5 Å². The number of hydrazone groups is 1.